The molecule has 1 aliphatic heterocycles. The van der Waals surface area contributed by atoms with Gasteiger partial charge in [0.1, 0.15) is 0 Å². The number of aromatic amines is 1. The van der Waals surface area contributed by atoms with Crippen molar-refractivity contribution in [2.75, 3.05) is 13.7 Å². The Kier molecular flexibility index (Phi) is 3.98. The third-order valence-electron chi connectivity index (χ3n) is 3.69. The van der Waals surface area contributed by atoms with Crippen molar-refractivity contribution in [2.24, 2.45) is 0 Å². The fraction of sp³-hybridized carbons (Fsp3) is 0.267. The Bertz CT molecular complexity index is 724. The van der Waals surface area contributed by atoms with Gasteiger partial charge in [0.25, 0.3) is 5.91 Å². The van der Waals surface area contributed by atoms with E-state index < -0.39 is 5.97 Å². The highest BCUT2D eigenvalue weighted by Crippen LogP contribution is 2.22. The first-order valence-corrected chi connectivity index (χ1v) is 7.58. The number of ether oxygens (including phenoxy) is 1. The van der Waals surface area contributed by atoms with Gasteiger partial charge in [0.05, 0.1) is 19.3 Å². The highest BCUT2D eigenvalue weighted by atomic mass is 79.9. The Balaban J connectivity index is 1.80. The number of fused-ring (bicyclic) bond motifs is 1. The molecule has 0 spiro atoms. The van der Waals surface area contributed by atoms with Crippen LogP contribution in [0.2, 0.25) is 0 Å². The number of carbonyl (C=O) groups is 2. The fourth-order valence-electron chi connectivity index (χ4n) is 2.53. The number of carbonyl (C=O) groups excluding carboxylic acids is 2. The number of amides is 1. The molecule has 3 rings (SSSR count). The van der Waals surface area contributed by atoms with Crippen LogP contribution in [-0.2, 0) is 17.7 Å². The van der Waals surface area contributed by atoms with Crippen LogP contribution in [0, 0.1) is 0 Å². The lowest BCUT2D eigenvalue weighted by Crippen LogP contribution is -2.36. The standard InChI is InChI=1S/C15H14BrN3O3/c1-22-15(21)13-11-6-7-19(8-12(11)17-18-13)14(20)9-2-4-10(16)5-3-9/h2-5H,6-8H2,1H3,(H,17,18). The Hall–Kier alpha value is -2.15. The SMILES string of the molecule is COC(=O)c1n[nH]c2c1CCN(C(=O)c1ccc(Br)cc1)C2. The van der Waals surface area contributed by atoms with Gasteiger partial charge in [-0.3, -0.25) is 9.89 Å². The van der Waals surface area contributed by atoms with Gasteiger partial charge in [0.2, 0.25) is 0 Å². The van der Waals surface area contributed by atoms with Crippen LogP contribution in [0.1, 0.15) is 32.1 Å². The minimum Gasteiger partial charge on any atom is -0.464 e. The van der Waals surface area contributed by atoms with Crippen molar-refractivity contribution in [3.8, 4) is 0 Å². The molecular weight excluding hydrogens is 350 g/mol. The number of aromatic nitrogens is 2. The number of nitrogens with one attached hydrogen (secondary N) is 1. The van der Waals surface area contributed by atoms with E-state index in [0.717, 1.165) is 15.7 Å². The first kappa shape index (κ1) is 14.8. The van der Waals surface area contributed by atoms with E-state index >= 15 is 0 Å². The van der Waals surface area contributed by atoms with Crippen LogP contribution in [0.5, 0.6) is 0 Å². The van der Waals surface area contributed by atoms with Crippen LogP contribution in [0.3, 0.4) is 0 Å². The van der Waals surface area contributed by atoms with Crippen molar-refractivity contribution in [2.45, 2.75) is 13.0 Å². The maximum absolute atomic E-state index is 12.5. The molecule has 1 aromatic heterocycles. The number of H-pyrrole nitrogens is 1. The van der Waals surface area contributed by atoms with Gasteiger partial charge >= 0.3 is 5.97 Å². The topological polar surface area (TPSA) is 75.3 Å². The van der Waals surface area contributed by atoms with Crippen LogP contribution >= 0.6 is 15.9 Å². The second kappa shape index (κ2) is 5.92. The molecule has 6 nitrogen and oxygen atoms in total. The van der Waals surface area contributed by atoms with Crippen molar-refractivity contribution in [3.05, 3.63) is 51.3 Å². The number of hydrogen-bond donors (Lipinski definition) is 1. The fourth-order valence-corrected chi connectivity index (χ4v) is 2.80. The normalized spacial score (nSPS) is 13.6. The van der Waals surface area contributed by atoms with Gasteiger partial charge in [-0.15, -0.1) is 0 Å². The monoisotopic (exact) mass is 363 g/mol. The minimum absolute atomic E-state index is 0.0348. The molecule has 1 aromatic carbocycles. The Morgan fingerprint density at radius 1 is 1.32 bits per heavy atom. The zero-order chi connectivity index (χ0) is 15.7. The molecule has 2 heterocycles. The van der Waals surface area contributed by atoms with Crippen LogP contribution in [-0.4, -0.2) is 40.6 Å². The van der Waals surface area contributed by atoms with Gasteiger partial charge in [-0.25, -0.2) is 4.79 Å². The van der Waals surface area contributed by atoms with E-state index in [1.54, 1.807) is 17.0 Å². The summed E-state index contributed by atoms with van der Waals surface area (Å²) in [6.45, 7) is 0.958. The summed E-state index contributed by atoms with van der Waals surface area (Å²) in [4.78, 5) is 25.9. The smallest absolute Gasteiger partial charge is 0.358 e. The molecule has 1 N–H and O–H groups in total. The Morgan fingerprint density at radius 3 is 2.73 bits per heavy atom. The minimum atomic E-state index is -0.454. The van der Waals surface area contributed by atoms with Gasteiger partial charge in [-0.05, 0) is 30.7 Å². The number of hydrogen-bond acceptors (Lipinski definition) is 4. The molecule has 0 bridgehead atoms. The summed E-state index contributed by atoms with van der Waals surface area (Å²) < 4.78 is 5.64. The van der Waals surface area contributed by atoms with Crippen molar-refractivity contribution in [3.63, 3.8) is 0 Å². The molecule has 0 saturated carbocycles. The van der Waals surface area contributed by atoms with Gasteiger partial charge in [0, 0.05) is 22.1 Å². The van der Waals surface area contributed by atoms with Crippen LogP contribution in [0.15, 0.2) is 28.7 Å². The molecule has 0 atom stereocenters. The van der Waals surface area contributed by atoms with E-state index in [1.165, 1.54) is 7.11 Å². The summed E-state index contributed by atoms with van der Waals surface area (Å²) in [5, 5.41) is 6.84. The first-order chi connectivity index (χ1) is 10.6. The van der Waals surface area contributed by atoms with E-state index in [2.05, 4.69) is 26.1 Å². The molecule has 7 heteroatoms. The first-order valence-electron chi connectivity index (χ1n) is 6.79. The third-order valence-corrected chi connectivity index (χ3v) is 4.22. The molecule has 0 unspecified atom stereocenters. The zero-order valence-corrected chi connectivity index (χ0v) is 13.5. The van der Waals surface area contributed by atoms with Gasteiger partial charge in [0.15, 0.2) is 5.69 Å². The quantitative estimate of drug-likeness (QED) is 0.829. The molecule has 1 amide bonds. The number of rotatable bonds is 2. The Labute approximate surface area is 135 Å². The van der Waals surface area contributed by atoms with Gasteiger partial charge in [-0.1, -0.05) is 15.9 Å². The lowest BCUT2D eigenvalue weighted by atomic mass is 10.0. The predicted molar refractivity (Wildman–Crippen MR) is 82.5 cm³/mol. The summed E-state index contributed by atoms with van der Waals surface area (Å²) in [5.41, 5.74) is 2.58. The molecule has 114 valence electrons. The molecular formula is C15H14BrN3O3. The van der Waals surface area contributed by atoms with Crippen LogP contribution < -0.4 is 0 Å². The maximum Gasteiger partial charge on any atom is 0.358 e. The van der Waals surface area contributed by atoms with Gasteiger partial charge < -0.3 is 9.64 Å². The van der Waals surface area contributed by atoms with Crippen molar-refractivity contribution in [1.29, 1.82) is 0 Å². The van der Waals surface area contributed by atoms with E-state index in [0.29, 0.717) is 30.8 Å². The number of esters is 1. The number of halogens is 1. The second-order valence-corrected chi connectivity index (χ2v) is 5.92. The second-order valence-electron chi connectivity index (χ2n) is 5.00. The zero-order valence-electron chi connectivity index (χ0n) is 11.9. The van der Waals surface area contributed by atoms with E-state index in [9.17, 15) is 9.59 Å². The summed E-state index contributed by atoms with van der Waals surface area (Å²) in [7, 11) is 1.33. The number of methoxy groups -OCH3 is 1. The molecule has 1 aliphatic rings. The number of nitrogens with zero attached hydrogens (tertiary/aromatic N) is 2. The lowest BCUT2D eigenvalue weighted by Gasteiger charge is -2.26. The van der Waals surface area contributed by atoms with Crippen molar-refractivity contribution in [1.82, 2.24) is 15.1 Å². The largest absolute Gasteiger partial charge is 0.464 e. The summed E-state index contributed by atoms with van der Waals surface area (Å²) in [5.74, 6) is -0.488. The summed E-state index contributed by atoms with van der Waals surface area (Å²) in [6, 6.07) is 7.26. The van der Waals surface area contributed by atoms with E-state index in [-0.39, 0.29) is 5.91 Å². The third kappa shape index (κ3) is 2.64. The van der Waals surface area contributed by atoms with Crippen LogP contribution in [0.4, 0.5) is 0 Å². The van der Waals surface area contributed by atoms with Gasteiger partial charge in [-0.2, -0.15) is 5.10 Å². The van der Waals surface area contributed by atoms with E-state index in [4.69, 9.17) is 4.74 Å². The molecule has 0 saturated heterocycles. The maximum atomic E-state index is 12.5. The average Bonchev–Trinajstić information content (AvgIpc) is 2.97. The molecule has 0 aliphatic carbocycles. The van der Waals surface area contributed by atoms with E-state index in [1.807, 2.05) is 12.1 Å². The van der Waals surface area contributed by atoms with Crippen LogP contribution in [0.25, 0.3) is 0 Å². The highest BCUT2D eigenvalue weighted by Gasteiger charge is 2.28. The van der Waals surface area contributed by atoms with Crippen molar-refractivity contribution < 1.29 is 14.3 Å². The molecule has 0 fully saturated rings. The molecule has 22 heavy (non-hydrogen) atoms. The Morgan fingerprint density at radius 2 is 2.05 bits per heavy atom. The predicted octanol–water partition coefficient (Wildman–Crippen LogP) is 2.16. The van der Waals surface area contributed by atoms with Crippen molar-refractivity contribution >= 4 is 27.8 Å². The average molecular weight is 364 g/mol. The summed E-state index contributed by atoms with van der Waals surface area (Å²) in [6.07, 6.45) is 0.582. The lowest BCUT2D eigenvalue weighted by molar-refractivity contribution is 0.0592. The molecule has 0 radical (unpaired) electrons. The number of benzene rings is 1. The molecule has 2 aromatic rings. The summed E-state index contributed by atoms with van der Waals surface area (Å²) >= 11 is 3.35. The highest BCUT2D eigenvalue weighted by molar-refractivity contribution is 9.10.